The van der Waals surface area contributed by atoms with Gasteiger partial charge in [-0.2, -0.15) is 0 Å². The Bertz CT molecular complexity index is 911. The fraction of sp³-hybridized carbons (Fsp3) is 0.391. The lowest BCUT2D eigenvalue weighted by molar-refractivity contribution is -0.139. The standard InChI is InChI=1S/C23H27N3O4/c1-29-19-11-5-3-9-17(19)24-22(27)16-26-15-21(23(28)25-13-7-2-8-14-25)30-20-12-6-4-10-18(20)26/h3-6,9-12,21H,2,7-8,13-16H2,1H3,(H,24,27). The number of amides is 2. The van der Waals surface area contributed by atoms with Gasteiger partial charge >= 0.3 is 0 Å². The predicted octanol–water partition coefficient (Wildman–Crippen LogP) is 2.91. The molecular formula is C23H27N3O4. The molecule has 1 atom stereocenters. The van der Waals surface area contributed by atoms with Gasteiger partial charge in [0.2, 0.25) is 5.91 Å². The van der Waals surface area contributed by atoms with E-state index in [1.165, 1.54) is 0 Å². The van der Waals surface area contributed by atoms with Gasteiger partial charge in [0.25, 0.3) is 5.91 Å². The van der Waals surface area contributed by atoms with Crippen molar-refractivity contribution in [3.63, 3.8) is 0 Å². The average Bonchev–Trinajstić information content (AvgIpc) is 2.79. The maximum atomic E-state index is 13.0. The van der Waals surface area contributed by atoms with Gasteiger partial charge in [-0.25, -0.2) is 0 Å². The van der Waals surface area contributed by atoms with Crippen LogP contribution in [0.25, 0.3) is 0 Å². The monoisotopic (exact) mass is 409 g/mol. The summed E-state index contributed by atoms with van der Waals surface area (Å²) in [5.41, 5.74) is 1.43. The van der Waals surface area contributed by atoms with E-state index in [-0.39, 0.29) is 18.4 Å². The van der Waals surface area contributed by atoms with Gasteiger partial charge in [0, 0.05) is 13.1 Å². The fourth-order valence-electron chi connectivity index (χ4n) is 4.01. The molecule has 1 N–H and O–H groups in total. The molecule has 1 unspecified atom stereocenters. The van der Waals surface area contributed by atoms with Crippen LogP contribution in [0.4, 0.5) is 11.4 Å². The number of para-hydroxylation sites is 4. The summed E-state index contributed by atoms with van der Waals surface area (Å²) in [5.74, 6) is 1.05. The SMILES string of the molecule is COc1ccccc1NC(=O)CN1CC(C(=O)N2CCCCC2)Oc2ccccc21. The van der Waals surface area contributed by atoms with Gasteiger partial charge in [-0.1, -0.05) is 24.3 Å². The first kappa shape index (κ1) is 20.1. The van der Waals surface area contributed by atoms with Crippen LogP contribution in [0.15, 0.2) is 48.5 Å². The van der Waals surface area contributed by atoms with E-state index in [0.29, 0.717) is 23.7 Å². The van der Waals surface area contributed by atoms with Crippen LogP contribution in [-0.4, -0.2) is 56.1 Å². The summed E-state index contributed by atoms with van der Waals surface area (Å²) in [6.07, 6.45) is 2.60. The third-order valence-electron chi connectivity index (χ3n) is 5.52. The predicted molar refractivity (Wildman–Crippen MR) is 115 cm³/mol. The van der Waals surface area contributed by atoms with Crippen molar-refractivity contribution < 1.29 is 19.1 Å². The molecule has 30 heavy (non-hydrogen) atoms. The van der Waals surface area contributed by atoms with Crippen LogP contribution in [0.1, 0.15) is 19.3 Å². The zero-order valence-corrected chi connectivity index (χ0v) is 17.2. The molecule has 0 bridgehead atoms. The number of methoxy groups -OCH3 is 1. The van der Waals surface area contributed by atoms with E-state index in [2.05, 4.69) is 5.32 Å². The molecule has 0 radical (unpaired) electrons. The molecule has 2 aromatic carbocycles. The van der Waals surface area contributed by atoms with Crippen LogP contribution in [0.5, 0.6) is 11.5 Å². The lowest BCUT2D eigenvalue weighted by Crippen LogP contribution is -2.52. The van der Waals surface area contributed by atoms with E-state index in [1.807, 2.05) is 46.2 Å². The molecular weight excluding hydrogens is 382 g/mol. The Labute approximate surface area is 176 Å². The Hall–Kier alpha value is -3.22. The molecule has 0 saturated carbocycles. The van der Waals surface area contributed by atoms with Crippen molar-refractivity contribution in [1.82, 2.24) is 4.90 Å². The molecule has 0 spiro atoms. The number of fused-ring (bicyclic) bond motifs is 1. The second-order valence-corrected chi connectivity index (χ2v) is 7.59. The minimum absolute atomic E-state index is 0.000611. The Kier molecular flexibility index (Phi) is 6.07. The van der Waals surface area contributed by atoms with Crippen molar-refractivity contribution >= 4 is 23.2 Å². The van der Waals surface area contributed by atoms with Gasteiger partial charge < -0.3 is 24.6 Å². The maximum absolute atomic E-state index is 13.0. The number of hydrogen-bond acceptors (Lipinski definition) is 5. The summed E-state index contributed by atoms with van der Waals surface area (Å²) in [6.45, 7) is 2.00. The number of nitrogens with zero attached hydrogens (tertiary/aromatic N) is 2. The zero-order chi connectivity index (χ0) is 20.9. The number of rotatable bonds is 5. The highest BCUT2D eigenvalue weighted by Crippen LogP contribution is 2.33. The number of nitrogens with one attached hydrogen (secondary N) is 1. The summed E-state index contributed by atoms with van der Waals surface area (Å²) < 4.78 is 11.3. The van der Waals surface area contributed by atoms with Crippen molar-refractivity contribution in [3.8, 4) is 11.5 Å². The number of carbonyl (C=O) groups is 2. The van der Waals surface area contributed by atoms with E-state index in [4.69, 9.17) is 9.47 Å². The summed E-state index contributed by atoms with van der Waals surface area (Å²) >= 11 is 0. The van der Waals surface area contributed by atoms with Crippen LogP contribution in [0, 0.1) is 0 Å². The lowest BCUT2D eigenvalue weighted by Gasteiger charge is -2.38. The van der Waals surface area contributed by atoms with E-state index < -0.39 is 6.10 Å². The number of likely N-dealkylation sites (tertiary alicyclic amines) is 1. The molecule has 158 valence electrons. The topological polar surface area (TPSA) is 71.1 Å². The second kappa shape index (κ2) is 9.07. The van der Waals surface area contributed by atoms with Crippen molar-refractivity contribution in [3.05, 3.63) is 48.5 Å². The number of benzene rings is 2. The van der Waals surface area contributed by atoms with Crippen LogP contribution < -0.4 is 19.7 Å². The summed E-state index contributed by atoms with van der Waals surface area (Å²) in [6, 6.07) is 14.8. The smallest absolute Gasteiger partial charge is 0.265 e. The van der Waals surface area contributed by atoms with Gasteiger partial charge in [-0.15, -0.1) is 0 Å². The van der Waals surface area contributed by atoms with Crippen LogP contribution in [0.2, 0.25) is 0 Å². The molecule has 0 aromatic heterocycles. The Balaban J connectivity index is 1.49. The molecule has 7 nitrogen and oxygen atoms in total. The largest absolute Gasteiger partial charge is 0.495 e. The molecule has 7 heteroatoms. The molecule has 4 rings (SSSR count). The van der Waals surface area contributed by atoms with Crippen LogP contribution >= 0.6 is 0 Å². The Morgan fingerprint density at radius 2 is 1.80 bits per heavy atom. The molecule has 2 aromatic rings. The van der Waals surface area contributed by atoms with E-state index in [0.717, 1.165) is 38.0 Å². The summed E-state index contributed by atoms with van der Waals surface area (Å²) in [5, 5.41) is 2.91. The van der Waals surface area contributed by atoms with E-state index >= 15 is 0 Å². The molecule has 2 aliphatic rings. The van der Waals surface area contributed by atoms with Crippen LogP contribution in [-0.2, 0) is 9.59 Å². The van der Waals surface area contributed by atoms with Crippen molar-refractivity contribution in [2.24, 2.45) is 0 Å². The van der Waals surface area contributed by atoms with Crippen molar-refractivity contribution in [2.45, 2.75) is 25.4 Å². The molecule has 1 saturated heterocycles. The van der Waals surface area contributed by atoms with E-state index in [1.54, 1.807) is 19.2 Å². The number of carbonyl (C=O) groups excluding carboxylic acids is 2. The summed E-state index contributed by atoms with van der Waals surface area (Å²) in [4.78, 5) is 29.6. The van der Waals surface area contributed by atoms with Gasteiger partial charge in [0.1, 0.15) is 11.5 Å². The Morgan fingerprint density at radius 3 is 2.60 bits per heavy atom. The highest BCUT2D eigenvalue weighted by atomic mass is 16.5. The molecule has 0 aliphatic carbocycles. The number of ether oxygens (including phenoxy) is 2. The summed E-state index contributed by atoms with van der Waals surface area (Å²) in [7, 11) is 1.57. The van der Waals surface area contributed by atoms with Crippen molar-refractivity contribution in [1.29, 1.82) is 0 Å². The fourth-order valence-corrected chi connectivity index (χ4v) is 4.01. The maximum Gasteiger partial charge on any atom is 0.265 e. The normalized spacial score (nSPS) is 18.2. The van der Waals surface area contributed by atoms with E-state index in [9.17, 15) is 9.59 Å². The van der Waals surface area contributed by atoms with Gasteiger partial charge in [0.15, 0.2) is 6.10 Å². The second-order valence-electron chi connectivity index (χ2n) is 7.59. The first-order valence-electron chi connectivity index (χ1n) is 10.4. The quantitative estimate of drug-likeness (QED) is 0.822. The highest BCUT2D eigenvalue weighted by molar-refractivity contribution is 5.96. The van der Waals surface area contributed by atoms with Gasteiger partial charge in [-0.3, -0.25) is 9.59 Å². The minimum atomic E-state index is -0.614. The minimum Gasteiger partial charge on any atom is -0.495 e. The molecule has 2 heterocycles. The zero-order valence-electron chi connectivity index (χ0n) is 17.2. The number of hydrogen-bond donors (Lipinski definition) is 1. The lowest BCUT2D eigenvalue weighted by atomic mass is 10.1. The number of anilines is 2. The number of piperidine rings is 1. The Morgan fingerprint density at radius 1 is 1.07 bits per heavy atom. The van der Waals surface area contributed by atoms with Gasteiger partial charge in [-0.05, 0) is 43.5 Å². The first-order chi connectivity index (χ1) is 14.7. The third-order valence-corrected chi connectivity index (χ3v) is 5.52. The molecule has 2 aliphatic heterocycles. The third kappa shape index (κ3) is 4.35. The van der Waals surface area contributed by atoms with Crippen molar-refractivity contribution in [2.75, 3.05) is 43.5 Å². The molecule has 2 amide bonds. The first-order valence-corrected chi connectivity index (χ1v) is 10.4. The highest BCUT2D eigenvalue weighted by Gasteiger charge is 2.34. The van der Waals surface area contributed by atoms with Gasteiger partial charge in [0.05, 0.1) is 31.6 Å². The molecule has 1 fully saturated rings. The average molecular weight is 409 g/mol. The van der Waals surface area contributed by atoms with Crippen LogP contribution in [0.3, 0.4) is 0 Å².